The van der Waals surface area contributed by atoms with Gasteiger partial charge in [-0.05, 0) is 53.3 Å². The maximum absolute atomic E-state index is 12.5. The summed E-state index contributed by atoms with van der Waals surface area (Å²) in [5, 5.41) is 4.93. The summed E-state index contributed by atoms with van der Waals surface area (Å²) >= 11 is 6.70. The maximum Gasteiger partial charge on any atom is 0.266 e. The van der Waals surface area contributed by atoms with E-state index < -0.39 is 0 Å². The number of amides is 1. The monoisotopic (exact) mass is 343 g/mol. The second-order valence-corrected chi connectivity index (χ2v) is 6.80. The van der Waals surface area contributed by atoms with E-state index in [1.807, 2.05) is 46.5 Å². The van der Waals surface area contributed by atoms with Gasteiger partial charge in [0, 0.05) is 23.8 Å². The van der Waals surface area contributed by atoms with Crippen LogP contribution < -0.4 is 5.32 Å². The van der Waals surface area contributed by atoms with Gasteiger partial charge in [-0.3, -0.25) is 9.36 Å². The topological polar surface area (TPSA) is 49.8 Å². The van der Waals surface area contributed by atoms with E-state index in [2.05, 4.69) is 24.1 Å². The first-order chi connectivity index (χ1) is 11.1. The van der Waals surface area contributed by atoms with Crippen LogP contribution in [0.5, 0.6) is 0 Å². The van der Waals surface area contributed by atoms with Crippen molar-refractivity contribution in [2.24, 2.45) is 0 Å². The van der Waals surface area contributed by atoms with Gasteiger partial charge in [0.2, 0.25) is 0 Å². The fourth-order valence-electron chi connectivity index (χ4n) is 2.40. The Morgan fingerprint density at radius 3 is 2.87 bits per heavy atom. The first-order valence-electron chi connectivity index (χ1n) is 7.31. The lowest BCUT2D eigenvalue weighted by Gasteiger charge is -2.10. The molecule has 0 radical (unpaired) electrons. The lowest BCUT2D eigenvalue weighted by atomic mass is 10.0. The van der Waals surface area contributed by atoms with Crippen molar-refractivity contribution in [2.45, 2.75) is 19.8 Å². The summed E-state index contributed by atoms with van der Waals surface area (Å²) in [6.07, 6.45) is 3.65. The Kier molecular flexibility index (Phi) is 4.45. The molecule has 0 bridgehead atoms. The Hall–Kier alpha value is -2.18. The number of H-pyrrole nitrogens is 1. The molecule has 3 rings (SSSR count). The number of thiophene rings is 1. The molecule has 2 N–H and O–H groups in total. The van der Waals surface area contributed by atoms with Crippen molar-refractivity contribution < 1.29 is 4.79 Å². The second kappa shape index (κ2) is 6.52. The minimum atomic E-state index is -0.0708. The standard InChI is InChI=1S/C17H17N3OS2/c1-11(2)14-6-9-23-15(14)16(21)19-12-4-3-5-13(10-12)20-8-7-18-17(20)22/h3-11H,1-2H3,(H,18,22)(H,19,21). The molecule has 118 valence electrons. The molecule has 0 aliphatic heterocycles. The third-order valence-corrected chi connectivity index (χ3v) is 4.80. The van der Waals surface area contributed by atoms with Crippen LogP contribution in [0, 0.1) is 4.77 Å². The van der Waals surface area contributed by atoms with Crippen LogP contribution in [-0.2, 0) is 0 Å². The normalized spacial score (nSPS) is 10.9. The summed E-state index contributed by atoms with van der Waals surface area (Å²) in [5.74, 6) is 0.255. The Bertz CT molecular complexity index is 889. The van der Waals surface area contributed by atoms with E-state index in [0.29, 0.717) is 10.7 Å². The van der Waals surface area contributed by atoms with E-state index in [1.165, 1.54) is 11.3 Å². The van der Waals surface area contributed by atoms with Crippen molar-refractivity contribution in [1.82, 2.24) is 9.55 Å². The van der Waals surface area contributed by atoms with Gasteiger partial charge in [-0.1, -0.05) is 19.9 Å². The summed E-state index contributed by atoms with van der Waals surface area (Å²) < 4.78 is 2.48. The minimum Gasteiger partial charge on any atom is -0.337 e. The minimum absolute atomic E-state index is 0.0708. The van der Waals surface area contributed by atoms with Crippen LogP contribution in [0.1, 0.15) is 35.0 Å². The molecule has 2 heterocycles. The van der Waals surface area contributed by atoms with Crippen molar-refractivity contribution in [3.63, 3.8) is 0 Å². The van der Waals surface area contributed by atoms with E-state index in [-0.39, 0.29) is 5.91 Å². The van der Waals surface area contributed by atoms with E-state index >= 15 is 0 Å². The lowest BCUT2D eigenvalue weighted by Crippen LogP contribution is -2.12. The van der Waals surface area contributed by atoms with E-state index in [0.717, 1.165) is 21.8 Å². The molecule has 2 aromatic heterocycles. The number of imidazole rings is 1. The fourth-order valence-corrected chi connectivity index (χ4v) is 3.59. The first kappa shape index (κ1) is 15.7. The quantitative estimate of drug-likeness (QED) is 0.657. The third kappa shape index (κ3) is 3.28. The van der Waals surface area contributed by atoms with Gasteiger partial charge in [0.15, 0.2) is 4.77 Å². The number of nitrogens with one attached hydrogen (secondary N) is 2. The van der Waals surface area contributed by atoms with Gasteiger partial charge in [0.1, 0.15) is 0 Å². The van der Waals surface area contributed by atoms with Gasteiger partial charge in [-0.15, -0.1) is 11.3 Å². The van der Waals surface area contributed by atoms with Gasteiger partial charge < -0.3 is 10.3 Å². The van der Waals surface area contributed by atoms with Gasteiger partial charge in [0.25, 0.3) is 5.91 Å². The highest BCUT2D eigenvalue weighted by molar-refractivity contribution is 7.71. The molecule has 1 aromatic carbocycles. The van der Waals surface area contributed by atoms with Crippen LogP contribution in [0.2, 0.25) is 0 Å². The largest absolute Gasteiger partial charge is 0.337 e. The van der Waals surface area contributed by atoms with Gasteiger partial charge >= 0.3 is 0 Å². The average Bonchev–Trinajstić information content (AvgIpc) is 3.16. The number of carbonyl (C=O) groups is 1. The average molecular weight is 343 g/mol. The van der Waals surface area contributed by atoms with Crippen molar-refractivity contribution in [3.8, 4) is 5.69 Å². The zero-order valence-electron chi connectivity index (χ0n) is 12.9. The zero-order chi connectivity index (χ0) is 16.4. The molecule has 4 nitrogen and oxygen atoms in total. The van der Waals surface area contributed by atoms with E-state index in [4.69, 9.17) is 12.2 Å². The Balaban J connectivity index is 1.86. The van der Waals surface area contributed by atoms with Gasteiger partial charge in [0.05, 0.1) is 4.88 Å². The Labute approximate surface area is 143 Å². The highest BCUT2D eigenvalue weighted by Gasteiger charge is 2.15. The molecular weight excluding hydrogens is 326 g/mol. The van der Waals surface area contributed by atoms with Crippen LogP contribution in [0.15, 0.2) is 48.1 Å². The van der Waals surface area contributed by atoms with Crippen molar-refractivity contribution in [3.05, 3.63) is 63.3 Å². The highest BCUT2D eigenvalue weighted by atomic mass is 32.1. The number of benzene rings is 1. The van der Waals surface area contributed by atoms with E-state index in [9.17, 15) is 4.79 Å². The molecule has 6 heteroatoms. The number of nitrogens with zero attached hydrogens (tertiary/aromatic N) is 1. The SMILES string of the molecule is CC(C)c1ccsc1C(=O)Nc1cccc(-n2cc[nH]c2=S)c1. The molecule has 0 atom stereocenters. The Morgan fingerprint density at radius 2 is 2.17 bits per heavy atom. The second-order valence-electron chi connectivity index (χ2n) is 5.50. The predicted octanol–water partition coefficient (Wildman–Crippen LogP) is 4.97. The molecule has 23 heavy (non-hydrogen) atoms. The van der Waals surface area contributed by atoms with Crippen LogP contribution in [0.25, 0.3) is 5.69 Å². The maximum atomic E-state index is 12.5. The predicted molar refractivity (Wildman–Crippen MR) is 97.3 cm³/mol. The number of rotatable bonds is 4. The summed E-state index contributed by atoms with van der Waals surface area (Å²) in [7, 11) is 0. The number of carbonyl (C=O) groups excluding carboxylic acids is 1. The van der Waals surface area contributed by atoms with Crippen molar-refractivity contribution in [1.29, 1.82) is 0 Å². The van der Waals surface area contributed by atoms with Crippen molar-refractivity contribution in [2.75, 3.05) is 5.32 Å². The summed E-state index contributed by atoms with van der Waals surface area (Å²) in [6, 6.07) is 9.64. The van der Waals surface area contributed by atoms with Gasteiger partial charge in [-0.2, -0.15) is 0 Å². The van der Waals surface area contributed by atoms with Gasteiger partial charge in [-0.25, -0.2) is 0 Å². The number of hydrogen-bond acceptors (Lipinski definition) is 3. The van der Waals surface area contributed by atoms with Crippen molar-refractivity contribution >= 4 is 35.1 Å². The molecule has 0 fully saturated rings. The number of hydrogen-bond donors (Lipinski definition) is 2. The summed E-state index contributed by atoms with van der Waals surface area (Å²) in [4.78, 5) is 16.3. The van der Waals surface area contributed by atoms with Crippen LogP contribution in [-0.4, -0.2) is 15.5 Å². The molecule has 0 aliphatic carbocycles. The molecule has 0 unspecified atom stereocenters. The first-order valence-corrected chi connectivity index (χ1v) is 8.60. The van der Waals surface area contributed by atoms with Crippen LogP contribution >= 0.6 is 23.6 Å². The van der Waals surface area contributed by atoms with E-state index in [1.54, 1.807) is 6.20 Å². The molecule has 0 spiro atoms. The summed E-state index contributed by atoms with van der Waals surface area (Å²) in [5.41, 5.74) is 2.74. The molecular formula is C17H17N3OS2. The lowest BCUT2D eigenvalue weighted by molar-refractivity contribution is 0.102. The van der Waals surface area contributed by atoms with Crippen LogP contribution in [0.4, 0.5) is 5.69 Å². The third-order valence-electron chi connectivity index (χ3n) is 3.56. The molecule has 0 saturated carbocycles. The molecule has 1 amide bonds. The van der Waals surface area contributed by atoms with Crippen LogP contribution in [0.3, 0.4) is 0 Å². The fraction of sp³-hybridized carbons (Fsp3) is 0.176. The summed E-state index contributed by atoms with van der Waals surface area (Å²) in [6.45, 7) is 4.18. The number of aromatic nitrogens is 2. The molecule has 0 saturated heterocycles. The Morgan fingerprint density at radius 1 is 1.35 bits per heavy atom. The number of aromatic amines is 1. The molecule has 3 aromatic rings. The smallest absolute Gasteiger partial charge is 0.266 e. The zero-order valence-corrected chi connectivity index (χ0v) is 14.5. The molecule has 0 aliphatic rings. The highest BCUT2D eigenvalue weighted by Crippen LogP contribution is 2.26. The number of anilines is 1.